The quantitative estimate of drug-likeness (QED) is 0.566. The molecule has 0 aromatic carbocycles. The van der Waals surface area contributed by atoms with Crippen LogP contribution in [0.15, 0.2) is 0 Å². The molecule has 1 rings (SSSR count). The van der Waals surface area contributed by atoms with Crippen LogP contribution in [-0.4, -0.2) is 40.8 Å². The first-order valence-corrected chi connectivity index (χ1v) is 3.69. The van der Waals surface area contributed by atoms with Crippen LogP contribution >= 0.6 is 0 Å². The average Bonchev–Trinajstić information content (AvgIpc) is 2.17. The first-order valence-electron chi connectivity index (χ1n) is 3.69. The second-order valence-corrected chi connectivity index (χ2v) is 2.96. The van der Waals surface area contributed by atoms with E-state index in [1.54, 1.807) is 6.92 Å². The molecular weight excluding hydrogens is 151 g/mol. The van der Waals surface area contributed by atoms with Crippen molar-refractivity contribution in [3.63, 3.8) is 0 Å². The van der Waals surface area contributed by atoms with Gasteiger partial charge in [0.25, 0.3) is 0 Å². The van der Waals surface area contributed by atoms with Gasteiger partial charge in [0, 0.05) is 0 Å². The van der Waals surface area contributed by atoms with E-state index in [2.05, 4.69) is 0 Å². The molecule has 1 fully saturated rings. The molecule has 0 amide bonds. The summed E-state index contributed by atoms with van der Waals surface area (Å²) in [5, 5.41) is 18.3. The van der Waals surface area contributed by atoms with E-state index in [1.165, 1.54) is 6.92 Å². The van der Waals surface area contributed by atoms with Gasteiger partial charge in [-0.1, -0.05) is 0 Å². The molecule has 0 bridgehead atoms. The Balaban J connectivity index is 2.59. The van der Waals surface area contributed by atoms with Crippen molar-refractivity contribution in [2.45, 2.75) is 44.4 Å². The van der Waals surface area contributed by atoms with Gasteiger partial charge in [0.2, 0.25) is 0 Å². The van der Waals surface area contributed by atoms with E-state index in [1.807, 2.05) is 0 Å². The van der Waals surface area contributed by atoms with Crippen molar-refractivity contribution < 1.29 is 19.3 Å². The molecule has 1 unspecified atom stereocenters. The molecule has 1 aliphatic rings. The molecule has 0 spiro atoms. The molecule has 4 heteroatoms. The lowest BCUT2D eigenvalue weighted by molar-refractivity contribution is -0.0265. The minimum atomic E-state index is -1.25. The number of ether oxygens (including phenoxy) is 1. The maximum Gasteiger partial charge on any atom is 0.126 e. The summed E-state index contributed by atoms with van der Waals surface area (Å²) in [6, 6.07) is 0. The summed E-state index contributed by atoms with van der Waals surface area (Å²) in [6.07, 6.45) is -4.65. The Morgan fingerprint density at radius 2 is 1.91 bits per heavy atom. The molecular formula is C7H13FO3. The molecule has 1 aliphatic heterocycles. The Hall–Kier alpha value is -0.190. The number of halogens is 1. The van der Waals surface area contributed by atoms with Gasteiger partial charge in [0.15, 0.2) is 0 Å². The highest BCUT2D eigenvalue weighted by Crippen LogP contribution is 2.24. The third kappa shape index (κ3) is 1.52. The Bertz CT molecular complexity index is 140. The summed E-state index contributed by atoms with van der Waals surface area (Å²) >= 11 is 0. The zero-order valence-corrected chi connectivity index (χ0v) is 6.57. The number of hydrogen-bond acceptors (Lipinski definition) is 3. The standard InChI is InChI=1S/C7H13FO3/c1-3(8)7-6(10)5(9)4(2)11-7/h3-7,9-10H,1-2H3/t3-,4-,5?,6+,7+/m0/s1. The summed E-state index contributed by atoms with van der Waals surface area (Å²) < 4.78 is 17.6. The van der Waals surface area contributed by atoms with Gasteiger partial charge in [-0.25, -0.2) is 4.39 Å². The molecule has 0 aliphatic carbocycles. The largest absolute Gasteiger partial charge is 0.388 e. The van der Waals surface area contributed by atoms with Gasteiger partial charge >= 0.3 is 0 Å². The smallest absolute Gasteiger partial charge is 0.126 e. The van der Waals surface area contributed by atoms with E-state index in [0.29, 0.717) is 0 Å². The Kier molecular flexibility index (Phi) is 2.47. The van der Waals surface area contributed by atoms with Gasteiger partial charge in [-0.05, 0) is 13.8 Å². The van der Waals surface area contributed by atoms with E-state index in [-0.39, 0.29) is 0 Å². The first-order chi connectivity index (χ1) is 5.04. The van der Waals surface area contributed by atoms with Crippen molar-refractivity contribution in [2.24, 2.45) is 0 Å². The van der Waals surface area contributed by atoms with E-state index >= 15 is 0 Å². The fraction of sp³-hybridized carbons (Fsp3) is 1.00. The zero-order chi connectivity index (χ0) is 8.59. The van der Waals surface area contributed by atoms with Gasteiger partial charge in [0.1, 0.15) is 24.5 Å². The average molecular weight is 164 g/mol. The van der Waals surface area contributed by atoms with Gasteiger partial charge < -0.3 is 14.9 Å². The van der Waals surface area contributed by atoms with Gasteiger partial charge in [-0.2, -0.15) is 0 Å². The maximum atomic E-state index is 12.6. The van der Waals surface area contributed by atoms with Crippen LogP contribution in [0.3, 0.4) is 0 Å². The highest BCUT2D eigenvalue weighted by molar-refractivity contribution is 4.90. The minimum Gasteiger partial charge on any atom is -0.388 e. The second-order valence-electron chi connectivity index (χ2n) is 2.96. The topological polar surface area (TPSA) is 49.7 Å². The molecule has 0 radical (unpaired) electrons. The number of aliphatic hydroxyl groups is 2. The lowest BCUT2D eigenvalue weighted by atomic mass is 10.1. The van der Waals surface area contributed by atoms with Crippen molar-refractivity contribution >= 4 is 0 Å². The molecule has 0 aromatic rings. The molecule has 3 nitrogen and oxygen atoms in total. The van der Waals surface area contributed by atoms with Crippen molar-refractivity contribution in [1.29, 1.82) is 0 Å². The second kappa shape index (κ2) is 3.05. The van der Waals surface area contributed by atoms with E-state index in [0.717, 1.165) is 0 Å². The molecule has 0 aromatic heterocycles. The third-order valence-corrected chi connectivity index (χ3v) is 1.99. The lowest BCUT2D eigenvalue weighted by Gasteiger charge is -2.14. The molecule has 5 atom stereocenters. The van der Waals surface area contributed by atoms with Crippen molar-refractivity contribution in [3.8, 4) is 0 Å². The fourth-order valence-electron chi connectivity index (χ4n) is 1.26. The SMILES string of the molecule is C[C@@H]1O[C@H]([C@H](C)F)[C@H](O)C1O. The Morgan fingerprint density at radius 3 is 2.09 bits per heavy atom. The van der Waals surface area contributed by atoms with Crippen LogP contribution in [0.1, 0.15) is 13.8 Å². The van der Waals surface area contributed by atoms with Crippen LogP contribution in [0.5, 0.6) is 0 Å². The number of rotatable bonds is 1. The molecule has 1 saturated heterocycles. The predicted molar refractivity (Wildman–Crippen MR) is 36.9 cm³/mol. The van der Waals surface area contributed by atoms with Gasteiger partial charge in [-0.15, -0.1) is 0 Å². The Morgan fingerprint density at radius 1 is 1.36 bits per heavy atom. The number of hydrogen-bond donors (Lipinski definition) is 2. The molecule has 1 heterocycles. The summed E-state index contributed by atoms with van der Waals surface area (Å²) in [4.78, 5) is 0. The maximum absolute atomic E-state index is 12.6. The number of aliphatic hydroxyl groups excluding tert-OH is 2. The molecule has 11 heavy (non-hydrogen) atoms. The van der Waals surface area contributed by atoms with Crippen LogP contribution < -0.4 is 0 Å². The summed E-state index contributed by atoms with van der Waals surface area (Å²) in [6.45, 7) is 2.91. The van der Waals surface area contributed by atoms with Gasteiger partial charge in [0.05, 0.1) is 6.10 Å². The molecule has 0 saturated carbocycles. The summed E-state index contributed by atoms with van der Waals surface area (Å²) in [5.74, 6) is 0. The fourth-order valence-corrected chi connectivity index (χ4v) is 1.26. The minimum absolute atomic E-state index is 0.479. The van der Waals surface area contributed by atoms with Crippen LogP contribution in [0.2, 0.25) is 0 Å². The number of alkyl halides is 1. The van der Waals surface area contributed by atoms with Crippen molar-refractivity contribution in [2.75, 3.05) is 0 Å². The van der Waals surface area contributed by atoms with Crippen LogP contribution in [0.4, 0.5) is 4.39 Å². The highest BCUT2D eigenvalue weighted by atomic mass is 19.1. The zero-order valence-electron chi connectivity index (χ0n) is 6.57. The van der Waals surface area contributed by atoms with E-state index in [4.69, 9.17) is 9.84 Å². The van der Waals surface area contributed by atoms with Crippen molar-refractivity contribution in [1.82, 2.24) is 0 Å². The monoisotopic (exact) mass is 164 g/mol. The molecule has 66 valence electrons. The van der Waals surface area contributed by atoms with Crippen LogP contribution in [-0.2, 0) is 4.74 Å². The van der Waals surface area contributed by atoms with E-state index in [9.17, 15) is 9.50 Å². The predicted octanol–water partition coefficient (Wildman–Crippen LogP) is -0.147. The van der Waals surface area contributed by atoms with Crippen molar-refractivity contribution in [3.05, 3.63) is 0 Å². The lowest BCUT2D eigenvalue weighted by Crippen LogP contribution is -2.35. The Labute approximate surface area is 64.8 Å². The highest BCUT2D eigenvalue weighted by Gasteiger charge is 2.42. The third-order valence-electron chi connectivity index (χ3n) is 1.99. The first kappa shape index (κ1) is 8.90. The van der Waals surface area contributed by atoms with Crippen LogP contribution in [0, 0.1) is 0 Å². The van der Waals surface area contributed by atoms with E-state index < -0.39 is 30.6 Å². The normalized spacial score (nSPS) is 47.7. The molecule has 2 N–H and O–H groups in total. The van der Waals surface area contributed by atoms with Crippen LogP contribution in [0.25, 0.3) is 0 Å². The summed E-state index contributed by atoms with van der Waals surface area (Å²) in [5.41, 5.74) is 0. The summed E-state index contributed by atoms with van der Waals surface area (Å²) in [7, 11) is 0. The van der Waals surface area contributed by atoms with Gasteiger partial charge in [-0.3, -0.25) is 0 Å².